The topological polar surface area (TPSA) is 81.5 Å². The predicted octanol–water partition coefficient (Wildman–Crippen LogP) is 3.96. The second kappa shape index (κ2) is 6.72. The zero-order chi connectivity index (χ0) is 17.1. The van der Waals surface area contributed by atoms with Crippen LogP contribution in [0.1, 0.15) is 17.4 Å². The lowest BCUT2D eigenvalue weighted by molar-refractivity contribution is 0.0516. The first-order chi connectivity index (χ1) is 11.6. The Morgan fingerprint density at radius 1 is 1.29 bits per heavy atom. The molecule has 1 N–H and O–H groups in total. The third kappa shape index (κ3) is 3.23. The fourth-order valence-corrected chi connectivity index (χ4v) is 2.31. The van der Waals surface area contributed by atoms with E-state index in [0.29, 0.717) is 27.6 Å². The number of pyridine rings is 2. The van der Waals surface area contributed by atoms with Gasteiger partial charge in [0.2, 0.25) is 5.88 Å². The first-order valence-electron chi connectivity index (χ1n) is 7.17. The van der Waals surface area contributed by atoms with E-state index in [1.165, 1.54) is 6.20 Å². The molecule has 0 saturated heterocycles. The van der Waals surface area contributed by atoms with E-state index >= 15 is 0 Å². The first kappa shape index (κ1) is 16.0. The number of carbonyl (C=O) groups is 1. The van der Waals surface area contributed by atoms with Gasteiger partial charge in [-0.25, -0.2) is 14.8 Å². The van der Waals surface area contributed by atoms with Gasteiger partial charge in [-0.1, -0.05) is 17.7 Å². The molecule has 0 aliphatic carbocycles. The fourth-order valence-electron chi connectivity index (χ4n) is 2.13. The van der Waals surface area contributed by atoms with Crippen LogP contribution in [-0.4, -0.2) is 27.7 Å². The molecule has 0 atom stereocenters. The summed E-state index contributed by atoms with van der Waals surface area (Å²) in [6.45, 7) is 1.87. The molecule has 0 amide bonds. The van der Waals surface area contributed by atoms with E-state index < -0.39 is 5.97 Å². The Morgan fingerprint density at radius 3 is 2.88 bits per heavy atom. The number of aromatic hydroxyl groups is 1. The molecule has 0 saturated carbocycles. The molecular weight excluding hydrogens is 332 g/mol. The standard InChI is InChI=1S/C17H13ClN2O4/c1-2-23-17(22)15-16(21)12-6-7-14(20-13(12)9-19-15)24-11-5-3-4-10(18)8-11/h3-9,21H,2H2,1H3. The van der Waals surface area contributed by atoms with Gasteiger partial charge < -0.3 is 14.6 Å². The summed E-state index contributed by atoms with van der Waals surface area (Å²) in [5.41, 5.74) is 0.245. The minimum atomic E-state index is -0.684. The highest BCUT2D eigenvalue weighted by molar-refractivity contribution is 6.30. The molecule has 122 valence electrons. The number of ether oxygens (including phenoxy) is 2. The summed E-state index contributed by atoms with van der Waals surface area (Å²) in [7, 11) is 0. The lowest BCUT2D eigenvalue weighted by Crippen LogP contribution is -2.07. The van der Waals surface area contributed by atoms with Gasteiger partial charge in [-0.3, -0.25) is 0 Å². The van der Waals surface area contributed by atoms with E-state index in [1.807, 2.05) is 0 Å². The van der Waals surface area contributed by atoms with Gasteiger partial charge in [0, 0.05) is 16.5 Å². The van der Waals surface area contributed by atoms with Crippen molar-refractivity contribution in [3.63, 3.8) is 0 Å². The average Bonchev–Trinajstić information content (AvgIpc) is 2.55. The number of aromatic nitrogens is 2. The highest BCUT2D eigenvalue weighted by Gasteiger charge is 2.17. The number of nitrogens with zero attached hydrogens (tertiary/aromatic N) is 2. The SMILES string of the molecule is CCOC(=O)c1ncc2nc(Oc3cccc(Cl)c3)ccc2c1O. The van der Waals surface area contributed by atoms with E-state index in [4.69, 9.17) is 21.1 Å². The molecule has 24 heavy (non-hydrogen) atoms. The molecule has 7 heteroatoms. The van der Waals surface area contributed by atoms with Crippen molar-refractivity contribution in [3.8, 4) is 17.4 Å². The van der Waals surface area contributed by atoms with Gasteiger partial charge in [0.1, 0.15) is 5.75 Å². The number of hydrogen-bond acceptors (Lipinski definition) is 6. The third-order valence-electron chi connectivity index (χ3n) is 3.18. The van der Waals surface area contributed by atoms with Gasteiger partial charge >= 0.3 is 5.97 Å². The Kier molecular flexibility index (Phi) is 4.48. The molecule has 3 rings (SSSR count). The van der Waals surface area contributed by atoms with E-state index in [1.54, 1.807) is 43.3 Å². The molecule has 2 heterocycles. The molecule has 0 spiro atoms. The predicted molar refractivity (Wildman–Crippen MR) is 88.7 cm³/mol. The van der Waals surface area contributed by atoms with Crippen molar-refractivity contribution in [3.05, 3.63) is 53.3 Å². The van der Waals surface area contributed by atoms with Crippen LogP contribution < -0.4 is 4.74 Å². The van der Waals surface area contributed by atoms with Gasteiger partial charge in [0.05, 0.1) is 18.3 Å². The average molecular weight is 345 g/mol. The van der Waals surface area contributed by atoms with Crippen LogP contribution in [0.4, 0.5) is 0 Å². The normalized spacial score (nSPS) is 10.6. The van der Waals surface area contributed by atoms with Crippen LogP contribution in [0.3, 0.4) is 0 Å². The van der Waals surface area contributed by atoms with Crippen molar-refractivity contribution in [2.24, 2.45) is 0 Å². The van der Waals surface area contributed by atoms with Crippen LogP contribution in [0.15, 0.2) is 42.6 Å². The summed E-state index contributed by atoms with van der Waals surface area (Å²) in [5, 5.41) is 11.1. The van der Waals surface area contributed by atoms with Crippen LogP contribution in [0, 0.1) is 0 Å². The number of fused-ring (bicyclic) bond motifs is 1. The zero-order valence-corrected chi connectivity index (χ0v) is 13.4. The zero-order valence-electron chi connectivity index (χ0n) is 12.7. The maximum Gasteiger partial charge on any atom is 0.360 e. The van der Waals surface area contributed by atoms with Crippen molar-refractivity contribution in [2.45, 2.75) is 6.92 Å². The summed E-state index contributed by atoms with van der Waals surface area (Å²) in [4.78, 5) is 19.9. The highest BCUT2D eigenvalue weighted by Crippen LogP contribution is 2.30. The number of carbonyl (C=O) groups excluding carboxylic acids is 1. The summed E-state index contributed by atoms with van der Waals surface area (Å²) in [6, 6.07) is 10.1. The molecular formula is C17H13ClN2O4. The lowest BCUT2D eigenvalue weighted by Gasteiger charge is -2.08. The summed E-state index contributed by atoms with van der Waals surface area (Å²) < 4.78 is 10.5. The fraction of sp³-hybridized carbons (Fsp3) is 0.118. The Labute approximate surface area is 142 Å². The number of esters is 1. The molecule has 1 aromatic carbocycles. The van der Waals surface area contributed by atoms with Crippen molar-refractivity contribution in [1.29, 1.82) is 0 Å². The summed E-state index contributed by atoms with van der Waals surface area (Å²) >= 11 is 5.91. The van der Waals surface area contributed by atoms with E-state index in [2.05, 4.69) is 9.97 Å². The van der Waals surface area contributed by atoms with Crippen LogP contribution in [-0.2, 0) is 4.74 Å². The van der Waals surface area contributed by atoms with Crippen molar-refractivity contribution in [2.75, 3.05) is 6.61 Å². The molecule has 0 bridgehead atoms. The molecule has 0 aliphatic rings. The lowest BCUT2D eigenvalue weighted by atomic mass is 10.2. The molecule has 0 fully saturated rings. The largest absolute Gasteiger partial charge is 0.505 e. The molecule has 0 unspecified atom stereocenters. The minimum absolute atomic E-state index is 0.144. The molecule has 2 aromatic heterocycles. The summed E-state index contributed by atoms with van der Waals surface area (Å²) in [5.74, 6) is -0.103. The van der Waals surface area contributed by atoms with Crippen molar-refractivity contribution >= 4 is 28.5 Å². The van der Waals surface area contributed by atoms with E-state index in [-0.39, 0.29) is 18.1 Å². The third-order valence-corrected chi connectivity index (χ3v) is 3.42. The molecule has 0 radical (unpaired) electrons. The van der Waals surface area contributed by atoms with E-state index in [9.17, 15) is 9.90 Å². The van der Waals surface area contributed by atoms with Gasteiger partial charge in [0.15, 0.2) is 11.4 Å². The highest BCUT2D eigenvalue weighted by atomic mass is 35.5. The molecule has 0 aliphatic heterocycles. The number of hydrogen-bond donors (Lipinski definition) is 1. The van der Waals surface area contributed by atoms with Gasteiger partial charge in [-0.15, -0.1) is 0 Å². The Morgan fingerprint density at radius 2 is 2.12 bits per heavy atom. The number of rotatable bonds is 4. The van der Waals surface area contributed by atoms with Crippen LogP contribution >= 0.6 is 11.6 Å². The second-order valence-electron chi connectivity index (χ2n) is 4.82. The Hall–Kier alpha value is -2.86. The Balaban J connectivity index is 1.95. The van der Waals surface area contributed by atoms with E-state index in [0.717, 1.165) is 0 Å². The Bertz CT molecular complexity index is 914. The maximum atomic E-state index is 11.7. The van der Waals surface area contributed by atoms with Gasteiger partial charge in [-0.2, -0.15) is 0 Å². The first-order valence-corrected chi connectivity index (χ1v) is 7.55. The number of benzene rings is 1. The second-order valence-corrected chi connectivity index (χ2v) is 5.25. The van der Waals surface area contributed by atoms with Crippen molar-refractivity contribution < 1.29 is 19.4 Å². The van der Waals surface area contributed by atoms with Gasteiger partial charge in [0.25, 0.3) is 0 Å². The summed E-state index contributed by atoms with van der Waals surface area (Å²) in [6.07, 6.45) is 1.38. The van der Waals surface area contributed by atoms with Crippen LogP contribution in [0.5, 0.6) is 17.4 Å². The number of halogens is 1. The van der Waals surface area contributed by atoms with Crippen LogP contribution in [0.25, 0.3) is 10.9 Å². The van der Waals surface area contributed by atoms with Crippen LogP contribution in [0.2, 0.25) is 5.02 Å². The van der Waals surface area contributed by atoms with Gasteiger partial charge in [-0.05, 0) is 31.2 Å². The quantitative estimate of drug-likeness (QED) is 0.721. The smallest absolute Gasteiger partial charge is 0.360 e. The minimum Gasteiger partial charge on any atom is -0.505 e. The maximum absolute atomic E-state index is 11.7. The van der Waals surface area contributed by atoms with Crippen molar-refractivity contribution in [1.82, 2.24) is 9.97 Å². The molecule has 6 nitrogen and oxygen atoms in total. The monoisotopic (exact) mass is 344 g/mol. The molecule has 3 aromatic rings.